The van der Waals surface area contributed by atoms with Gasteiger partial charge in [0.25, 0.3) is 5.91 Å². The first-order valence-corrected chi connectivity index (χ1v) is 6.67. The van der Waals surface area contributed by atoms with E-state index in [-0.39, 0.29) is 0 Å². The van der Waals surface area contributed by atoms with Gasteiger partial charge in [0.1, 0.15) is 11.2 Å². The van der Waals surface area contributed by atoms with Gasteiger partial charge in [0, 0.05) is 10.8 Å². The highest BCUT2D eigenvalue weighted by atomic mass is 16.5. The van der Waals surface area contributed by atoms with E-state index in [0.717, 1.165) is 33.6 Å². The molecule has 1 aromatic heterocycles. The zero-order valence-electron chi connectivity index (χ0n) is 11.6. The summed E-state index contributed by atoms with van der Waals surface area (Å²) >= 11 is 0. The predicted octanol–water partition coefficient (Wildman–Crippen LogP) is 4.05. The van der Waals surface area contributed by atoms with Gasteiger partial charge in [0.15, 0.2) is 0 Å². The standard InChI is InChI=1S/C17H15NO3/c1-3-17(19)18(20)11(2)12-8-9-14-13-6-4-5-7-15(13)21-16(14)10-12/h3-11,20H,1H2,2H3. The lowest BCUT2D eigenvalue weighted by molar-refractivity contribution is -0.169. The lowest BCUT2D eigenvalue weighted by Gasteiger charge is -2.21. The van der Waals surface area contributed by atoms with E-state index in [1.807, 2.05) is 42.5 Å². The normalized spacial score (nSPS) is 12.5. The molecule has 2 aromatic carbocycles. The zero-order valence-corrected chi connectivity index (χ0v) is 11.6. The Morgan fingerprint density at radius 2 is 1.95 bits per heavy atom. The molecule has 0 spiro atoms. The summed E-state index contributed by atoms with van der Waals surface area (Å²) in [6.45, 7) is 5.11. The van der Waals surface area contributed by atoms with Crippen LogP contribution in [0.3, 0.4) is 0 Å². The van der Waals surface area contributed by atoms with Crippen LogP contribution in [0.15, 0.2) is 59.5 Å². The highest BCUT2D eigenvalue weighted by molar-refractivity contribution is 6.04. The van der Waals surface area contributed by atoms with Crippen molar-refractivity contribution >= 4 is 27.8 Å². The van der Waals surface area contributed by atoms with Gasteiger partial charge < -0.3 is 4.42 Å². The van der Waals surface area contributed by atoms with Gasteiger partial charge in [0.2, 0.25) is 0 Å². The number of hydrogen-bond acceptors (Lipinski definition) is 3. The summed E-state index contributed by atoms with van der Waals surface area (Å²) in [6, 6.07) is 13.0. The van der Waals surface area contributed by atoms with Crippen LogP contribution in [0, 0.1) is 0 Å². The van der Waals surface area contributed by atoms with E-state index in [1.54, 1.807) is 6.92 Å². The summed E-state index contributed by atoms with van der Waals surface area (Å²) in [5, 5.41) is 12.6. The average molecular weight is 281 g/mol. The van der Waals surface area contributed by atoms with E-state index in [0.29, 0.717) is 5.06 Å². The largest absolute Gasteiger partial charge is 0.456 e. The van der Waals surface area contributed by atoms with Gasteiger partial charge in [-0.1, -0.05) is 36.9 Å². The Morgan fingerprint density at radius 3 is 2.71 bits per heavy atom. The molecule has 1 atom stereocenters. The Morgan fingerprint density at radius 1 is 1.24 bits per heavy atom. The number of benzene rings is 2. The van der Waals surface area contributed by atoms with Crippen LogP contribution in [0.2, 0.25) is 0 Å². The summed E-state index contributed by atoms with van der Waals surface area (Å²) in [6.07, 6.45) is 1.08. The molecule has 1 N–H and O–H groups in total. The van der Waals surface area contributed by atoms with Gasteiger partial charge >= 0.3 is 0 Å². The lowest BCUT2D eigenvalue weighted by atomic mass is 10.1. The van der Waals surface area contributed by atoms with E-state index >= 15 is 0 Å². The van der Waals surface area contributed by atoms with Crippen molar-refractivity contribution in [1.82, 2.24) is 5.06 Å². The first kappa shape index (κ1) is 13.4. The van der Waals surface area contributed by atoms with Crippen LogP contribution < -0.4 is 0 Å². The highest BCUT2D eigenvalue weighted by Crippen LogP contribution is 2.31. The van der Waals surface area contributed by atoms with Crippen molar-refractivity contribution in [2.45, 2.75) is 13.0 Å². The van der Waals surface area contributed by atoms with Crippen molar-refractivity contribution in [2.24, 2.45) is 0 Å². The second kappa shape index (κ2) is 5.07. The van der Waals surface area contributed by atoms with Crippen molar-refractivity contribution in [3.8, 4) is 0 Å². The molecule has 0 aliphatic heterocycles. The molecule has 0 aliphatic carbocycles. The summed E-state index contributed by atoms with van der Waals surface area (Å²) in [5.41, 5.74) is 2.35. The van der Waals surface area contributed by atoms with Crippen molar-refractivity contribution < 1.29 is 14.4 Å². The summed E-state index contributed by atoms with van der Waals surface area (Å²) in [4.78, 5) is 11.5. The van der Waals surface area contributed by atoms with Crippen LogP contribution in [0.25, 0.3) is 21.9 Å². The first-order chi connectivity index (χ1) is 10.1. The number of amides is 1. The number of nitrogens with zero attached hydrogens (tertiary/aromatic N) is 1. The molecule has 4 nitrogen and oxygen atoms in total. The Bertz CT molecular complexity index is 834. The fraction of sp³-hybridized carbons (Fsp3) is 0.118. The summed E-state index contributed by atoms with van der Waals surface area (Å²) in [7, 11) is 0. The third kappa shape index (κ3) is 2.19. The van der Waals surface area contributed by atoms with Gasteiger partial charge in [0.05, 0.1) is 6.04 Å². The van der Waals surface area contributed by atoms with E-state index in [9.17, 15) is 10.0 Å². The molecule has 4 heteroatoms. The fourth-order valence-electron chi connectivity index (χ4n) is 2.43. The Labute approximate surface area is 121 Å². The molecule has 0 bridgehead atoms. The van der Waals surface area contributed by atoms with Gasteiger partial charge in [-0.2, -0.15) is 0 Å². The van der Waals surface area contributed by atoms with Crippen LogP contribution in [0.5, 0.6) is 0 Å². The topological polar surface area (TPSA) is 53.7 Å². The van der Waals surface area contributed by atoms with Crippen LogP contribution in [-0.2, 0) is 4.79 Å². The molecular formula is C17H15NO3. The van der Waals surface area contributed by atoms with Crippen LogP contribution in [-0.4, -0.2) is 16.2 Å². The van der Waals surface area contributed by atoms with Crippen LogP contribution >= 0.6 is 0 Å². The number of hydrogen-bond donors (Lipinski definition) is 1. The number of furan rings is 1. The second-order valence-electron chi connectivity index (χ2n) is 4.92. The smallest absolute Gasteiger partial charge is 0.269 e. The molecule has 0 fully saturated rings. The number of carbonyl (C=O) groups is 1. The monoisotopic (exact) mass is 281 g/mol. The van der Waals surface area contributed by atoms with E-state index in [4.69, 9.17) is 4.42 Å². The number of rotatable bonds is 3. The third-order valence-electron chi connectivity index (χ3n) is 3.65. The molecule has 0 saturated heterocycles. The maximum Gasteiger partial charge on any atom is 0.269 e. The predicted molar refractivity (Wildman–Crippen MR) is 81.0 cm³/mol. The summed E-state index contributed by atoms with van der Waals surface area (Å²) < 4.78 is 5.80. The highest BCUT2D eigenvalue weighted by Gasteiger charge is 2.18. The van der Waals surface area contributed by atoms with Crippen molar-refractivity contribution in [1.29, 1.82) is 0 Å². The molecule has 106 valence electrons. The minimum Gasteiger partial charge on any atom is -0.456 e. The molecule has 21 heavy (non-hydrogen) atoms. The molecule has 1 amide bonds. The van der Waals surface area contributed by atoms with Gasteiger partial charge in [-0.25, -0.2) is 5.06 Å². The SMILES string of the molecule is C=CC(=O)N(O)C(C)c1ccc2c(c1)oc1ccccc12. The van der Waals surface area contributed by atoms with Crippen molar-refractivity contribution in [2.75, 3.05) is 0 Å². The molecule has 3 aromatic rings. The number of carbonyl (C=O) groups excluding carboxylic acids is 1. The zero-order chi connectivity index (χ0) is 15.0. The maximum absolute atomic E-state index is 11.5. The second-order valence-corrected chi connectivity index (χ2v) is 4.92. The number of hydroxylamine groups is 2. The van der Waals surface area contributed by atoms with Crippen LogP contribution in [0.1, 0.15) is 18.5 Å². The molecule has 0 aliphatic rings. The van der Waals surface area contributed by atoms with Crippen molar-refractivity contribution in [3.63, 3.8) is 0 Å². The molecule has 0 radical (unpaired) electrons. The lowest BCUT2D eigenvalue weighted by Crippen LogP contribution is -2.28. The van der Waals surface area contributed by atoms with E-state index < -0.39 is 11.9 Å². The van der Waals surface area contributed by atoms with Gasteiger partial charge in [-0.3, -0.25) is 10.0 Å². The first-order valence-electron chi connectivity index (χ1n) is 6.67. The minimum atomic E-state index is -0.535. The summed E-state index contributed by atoms with van der Waals surface area (Å²) in [5.74, 6) is -0.535. The molecule has 1 unspecified atom stereocenters. The Hall–Kier alpha value is -2.59. The van der Waals surface area contributed by atoms with Crippen LogP contribution in [0.4, 0.5) is 0 Å². The van der Waals surface area contributed by atoms with Gasteiger partial charge in [-0.15, -0.1) is 0 Å². The quantitative estimate of drug-likeness (QED) is 0.447. The molecular weight excluding hydrogens is 266 g/mol. The number of para-hydroxylation sites is 1. The molecule has 1 heterocycles. The van der Waals surface area contributed by atoms with E-state index in [1.165, 1.54) is 0 Å². The minimum absolute atomic E-state index is 0.479. The van der Waals surface area contributed by atoms with Crippen molar-refractivity contribution in [3.05, 3.63) is 60.7 Å². The third-order valence-corrected chi connectivity index (χ3v) is 3.65. The van der Waals surface area contributed by atoms with Gasteiger partial charge in [-0.05, 0) is 30.7 Å². The number of fused-ring (bicyclic) bond motifs is 3. The fourth-order valence-corrected chi connectivity index (χ4v) is 2.43. The maximum atomic E-state index is 11.5. The molecule has 0 saturated carbocycles. The Kier molecular flexibility index (Phi) is 3.23. The Balaban J connectivity index is 2.07. The average Bonchev–Trinajstić information content (AvgIpc) is 2.90. The van der Waals surface area contributed by atoms with E-state index in [2.05, 4.69) is 6.58 Å². The molecule has 3 rings (SSSR count).